The molecule has 2 heterocycles. The number of carbonyl (C=O) groups is 1. The van der Waals surface area contributed by atoms with Crippen LogP contribution in [-0.2, 0) is 12.5 Å². The third-order valence-corrected chi connectivity index (χ3v) is 6.16. The van der Waals surface area contributed by atoms with E-state index < -0.39 is 0 Å². The van der Waals surface area contributed by atoms with E-state index in [1.807, 2.05) is 55.7 Å². The van der Waals surface area contributed by atoms with Crippen LogP contribution in [0.4, 0.5) is 0 Å². The first-order valence-electron chi connectivity index (χ1n) is 10.4. The predicted octanol–water partition coefficient (Wildman–Crippen LogP) is 4.42. The minimum Gasteiger partial charge on any atom is -0.350 e. The van der Waals surface area contributed by atoms with Crippen LogP contribution < -0.4 is 5.32 Å². The minimum atomic E-state index is -0.0753. The van der Waals surface area contributed by atoms with Gasteiger partial charge in [-0.25, -0.2) is 0 Å². The lowest BCUT2D eigenvalue weighted by Crippen LogP contribution is -2.43. The van der Waals surface area contributed by atoms with Crippen molar-refractivity contribution in [3.63, 3.8) is 0 Å². The van der Waals surface area contributed by atoms with Crippen molar-refractivity contribution >= 4 is 5.91 Å². The molecule has 1 amide bonds. The number of nitrogens with zero attached hydrogens (tertiary/aromatic N) is 3. The van der Waals surface area contributed by atoms with Gasteiger partial charge in [0.05, 0.1) is 5.69 Å². The van der Waals surface area contributed by atoms with Crippen molar-refractivity contribution in [2.24, 2.45) is 7.05 Å². The lowest BCUT2D eigenvalue weighted by Gasteiger charge is -2.38. The zero-order valence-electron chi connectivity index (χ0n) is 17.2. The molecule has 3 aromatic rings. The number of hydrogen-bond donors (Lipinski definition) is 1. The molecule has 1 N–H and O–H groups in total. The number of benzene rings is 1. The molecule has 0 radical (unpaired) electrons. The second-order valence-electron chi connectivity index (χ2n) is 8.06. The van der Waals surface area contributed by atoms with E-state index in [0.29, 0.717) is 12.2 Å². The standard InChI is InChI=1S/C24H28N4O/c1-18-20(12-9-15-25-18)24(13-7-4-8-14-24)17-26-23(29)22-16-21(27-28(22)2)19-10-5-3-6-11-19/h3,5-6,9-12,15-16H,4,7-8,13-14,17H2,1-2H3,(H,26,29). The fourth-order valence-corrected chi connectivity index (χ4v) is 4.58. The van der Waals surface area contributed by atoms with Gasteiger partial charge in [0.2, 0.25) is 0 Å². The first-order chi connectivity index (χ1) is 14.1. The van der Waals surface area contributed by atoms with Crippen LogP contribution in [0.25, 0.3) is 11.3 Å². The maximum Gasteiger partial charge on any atom is 0.269 e. The largest absolute Gasteiger partial charge is 0.350 e. The van der Waals surface area contributed by atoms with Crippen LogP contribution in [0.3, 0.4) is 0 Å². The third kappa shape index (κ3) is 3.95. The lowest BCUT2D eigenvalue weighted by molar-refractivity contribution is 0.0927. The molecule has 1 aliphatic carbocycles. The second kappa shape index (κ2) is 8.19. The molecule has 0 unspecified atom stereocenters. The topological polar surface area (TPSA) is 59.8 Å². The normalized spacial score (nSPS) is 15.8. The highest BCUT2D eigenvalue weighted by Crippen LogP contribution is 2.40. The van der Waals surface area contributed by atoms with Gasteiger partial charge < -0.3 is 5.32 Å². The summed E-state index contributed by atoms with van der Waals surface area (Å²) in [7, 11) is 1.82. The quantitative estimate of drug-likeness (QED) is 0.704. The number of hydrogen-bond acceptors (Lipinski definition) is 3. The Balaban J connectivity index is 1.55. The highest BCUT2D eigenvalue weighted by molar-refractivity contribution is 5.93. The highest BCUT2D eigenvalue weighted by Gasteiger charge is 2.36. The number of aryl methyl sites for hydroxylation is 2. The van der Waals surface area contributed by atoms with Crippen molar-refractivity contribution in [2.75, 3.05) is 6.54 Å². The molecule has 1 aliphatic rings. The molecule has 4 rings (SSSR count). The SMILES string of the molecule is Cc1ncccc1C1(CNC(=O)c2cc(-c3ccccc3)nn2C)CCCCC1. The van der Waals surface area contributed by atoms with Crippen LogP contribution in [-0.4, -0.2) is 27.2 Å². The van der Waals surface area contributed by atoms with Gasteiger partial charge in [-0.1, -0.05) is 55.7 Å². The summed E-state index contributed by atoms with van der Waals surface area (Å²) in [5.74, 6) is -0.0753. The van der Waals surface area contributed by atoms with Crippen molar-refractivity contribution in [3.05, 3.63) is 71.7 Å². The molecular weight excluding hydrogens is 360 g/mol. The molecule has 29 heavy (non-hydrogen) atoms. The Morgan fingerprint density at radius 3 is 2.59 bits per heavy atom. The summed E-state index contributed by atoms with van der Waals surface area (Å²) >= 11 is 0. The molecule has 0 spiro atoms. The molecule has 0 aliphatic heterocycles. The Hall–Kier alpha value is -2.95. The molecular formula is C24H28N4O. The molecule has 5 heteroatoms. The summed E-state index contributed by atoms with van der Waals surface area (Å²) in [6.07, 6.45) is 7.65. The maximum absolute atomic E-state index is 13.0. The van der Waals surface area contributed by atoms with E-state index in [9.17, 15) is 4.79 Å². The van der Waals surface area contributed by atoms with Crippen LogP contribution in [0, 0.1) is 6.92 Å². The van der Waals surface area contributed by atoms with E-state index in [0.717, 1.165) is 29.8 Å². The van der Waals surface area contributed by atoms with E-state index in [1.165, 1.54) is 24.8 Å². The Morgan fingerprint density at radius 1 is 1.10 bits per heavy atom. The minimum absolute atomic E-state index is 0.0346. The molecule has 1 saturated carbocycles. The second-order valence-corrected chi connectivity index (χ2v) is 8.06. The third-order valence-electron chi connectivity index (χ3n) is 6.16. The van der Waals surface area contributed by atoms with Crippen molar-refractivity contribution in [3.8, 4) is 11.3 Å². The maximum atomic E-state index is 13.0. The number of amides is 1. The van der Waals surface area contributed by atoms with Gasteiger partial charge in [-0.2, -0.15) is 5.10 Å². The van der Waals surface area contributed by atoms with E-state index in [-0.39, 0.29) is 11.3 Å². The van der Waals surface area contributed by atoms with Crippen LogP contribution >= 0.6 is 0 Å². The zero-order valence-corrected chi connectivity index (χ0v) is 17.2. The smallest absolute Gasteiger partial charge is 0.269 e. The Kier molecular flexibility index (Phi) is 5.47. The summed E-state index contributed by atoms with van der Waals surface area (Å²) in [5, 5.41) is 7.75. The Bertz CT molecular complexity index is 987. The van der Waals surface area contributed by atoms with Crippen LogP contribution in [0.1, 0.15) is 53.8 Å². The van der Waals surface area contributed by atoms with Gasteiger partial charge in [-0.3, -0.25) is 14.5 Å². The van der Waals surface area contributed by atoms with Crippen molar-refractivity contribution in [1.82, 2.24) is 20.1 Å². The summed E-state index contributed by atoms with van der Waals surface area (Å²) in [5.41, 5.74) is 4.71. The molecule has 5 nitrogen and oxygen atoms in total. The van der Waals surface area contributed by atoms with Crippen LogP contribution in [0.2, 0.25) is 0 Å². The predicted molar refractivity (Wildman–Crippen MR) is 115 cm³/mol. The Morgan fingerprint density at radius 2 is 1.86 bits per heavy atom. The lowest BCUT2D eigenvalue weighted by atomic mass is 9.69. The number of aromatic nitrogens is 3. The monoisotopic (exact) mass is 388 g/mol. The summed E-state index contributed by atoms with van der Waals surface area (Å²) in [6.45, 7) is 2.70. The fraction of sp³-hybridized carbons (Fsp3) is 0.375. The summed E-state index contributed by atoms with van der Waals surface area (Å²) in [6, 6.07) is 16.0. The van der Waals surface area contributed by atoms with Gasteiger partial charge in [-0.05, 0) is 37.5 Å². The van der Waals surface area contributed by atoms with Gasteiger partial charge in [-0.15, -0.1) is 0 Å². The number of pyridine rings is 1. The first kappa shape index (κ1) is 19.4. The van der Waals surface area contributed by atoms with Gasteiger partial charge in [0.25, 0.3) is 5.91 Å². The first-order valence-corrected chi connectivity index (χ1v) is 10.4. The molecule has 0 atom stereocenters. The molecule has 0 bridgehead atoms. The van der Waals surface area contributed by atoms with Crippen molar-refractivity contribution in [1.29, 1.82) is 0 Å². The molecule has 0 saturated heterocycles. The number of carbonyl (C=O) groups excluding carboxylic acids is 1. The van der Waals surface area contributed by atoms with Gasteiger partial charge >= 0.3 is 0 Å². The highest BCUT2D eigenvalue weighted by atomic mass is 16.2. The molecule has 1 fully saturated rings. The summed E-state index contributed by atoms with van der Waals surface area (Å²) < 4.78 is 1.67. The molecule has 150 valence electrons. The van der Waals surface area contributed by atoms with Gasteiger partial charge in [0.15, 0.2) is 0 Å². The average Bonchev–Trinajstić information content (AvgIpc) is 3.15. The number of rotatable bonds is 5. The van der Waals surface area contributed by atoms with Crippen LogP contribution in [0.15, 0.2) is 54.7 Å². The van der Waals surface area contributed by atoms with E-state index in [2.05, 4.69) is 28.4 Å². The zero-order chi connectivity index (χ0) is 20.3. The van der Waals surface area contributed by atoms with Crippen LogP contribution in [0.5, 0.6) is 0 Å². The van der Waals surface area contributed by atoms with E-state index in [1.54, 1.807) is 4.68 Å². The van der Waals surface area contributed by atoms with Crippen molar-refractivity contribution in [2.45, 2.75) is 44.4 Å². The Labute approximate surface area is 172 Å². The molecule has 2 aromatic heterocycles. The van der Waals surface area contributed by atoms with E-state index in [4.69, 9.17) is 0 Å². The van der Waals surface area contributed by atoms with E-state index >= 15 is 0 Å². The van der Waals surface area contributed by atoms with Gasteiger partial charge in [0, 0.05) is 36.5 Å². The van der Waals surface area contributed by atoms with Crippen molar-refractivity contribution < 1.29 is 4.79 Å². The fourth-order valence-electron chi connectivity index (χ4n) is 4.58. The molecule has 1 aromatic carbocycles. The number of nitrogens with one attached hydrogen (secondary N) is 1. The average molecular weight is 389 g/mol. The van der Waals surface area contributed by atoms with Gasteiger partial charge in [0.1, 0.15) is 5.69 Å². The summed E-state index contributed by atoms with van der Waals surface area (Å²) in [4.78, 5) is 17.5.